The van der Waals surface area contributed by atoms with Crippen molar-refractivity contribution in [2.75, 3.05) is 0 Å². The first-order valence-electron chi connectivity index (χ1n) is 5.74. The van der Waals surface area contributed by atoms with Gasteiger partial charge in [0.1, 0.15) is 0 Å². The highest BCUT2D eigenvalue weighted by molar-refractivity contribution is 9.10. The molecule has 0 radical (unpaired) electrons. The monoisotopic (exact) mass is 295 g/mol. The van der Waals surface area contributed by atoms with Crippen molar-refractivity contribution < 1.29 is 9.59 Å². The van der Waals surface area contributed by atoms with Crippen LogP contribution in [0.2, 0.25) is 0 Å². The minimum Gasteiger partial charge on any atom is -0.278 e. The SMILES string of the molecule is O=C1CCCCC(=O)N1Cc1ccc(Br)cc1. The molecular formula is C13H14BrNO2. The molecule has 0 saturated carbocycles. The zero-order valence-corrected chi connectivity index (χ0v) is 11.1. The van der Waals surface area contributed by atoms with Gasteiger partial charge in [-0.25, -0.2) is 0 Å². The van der Waals surface area contributed by atoms with E-state index in [2.05, 4.69) is 15.9 Å². The smallest absolute Gasteiger partial charge is 0.229 e. The first kappa shape index (κ1) is 12.3. The summed E-state index contributed by atoms with van der Waals surface area (Å²) in [7, 11) is 0. The maximum absolute atomic E-state index is 11.8. The summed E-state index contributed by atoms with van der Waals surface area (Å²) < 4.78 is 0.995. The number of halogens is 1. The van der Waals surface area contributed by atoms with Crippen molar-refractivity contribution in [3.8, 4) is 0 Å². The number of nitrogens with zero attached hydrogens (tertiary/aromatic N) is 1. The van der Waals surface area contributed by atoms with Gasteiger partial charge in [0.2, 0.25) is 11.8 Å². The lowest BCUT2D eigenvalue weighted by Crippen LogP contribution is -2.34. The van der Waals surface area contributed by atoms with Crippen LogP contribution >= 0.6 is 15.9 Å². The summed E-state index contributed by atoms with van der Waals surface area (Å²) in [5.74, 6) is -0.0918. The Kier molecular flexibility index (Phi) is 3.94. The lowest BCUT2D eigenvalue weighted by atomic mass is 10.2. The fraction of sp³-hybridized carbons (Fsp3) is 0.385. The normalized spacial score (nSPS) is 17.1. The highest BCUT2D eigenvalue weighted by atomic mass is 79.9. The van der Waals surface area contributed by atoms with E-state index in [9.17, 15) is 9.59 Å². The van der Waals surface area contributed by atoms with Gasteiger partial charge in [-0.1, -0.05) is 28.1 Å². The van der Waals surface area contributed by atoms with E-state index in [4.69, 9.17) is 0 Å². The van der Waals surface area contributed by atoms with Gasteiger partial charge in [-0.05, 0) is 30.5 Å². The summed E-state index contributed by atoms with van der Waals surface area (Å²) in [4.78, 5) is 25.0. The van der Waals surface area contributed by atoms with Gasteiger partial charge >= 0.3 is 0 Å². The molecule has 17 heavy (non-hydrogen) atoms. The summed E-state index contributed by atoms with van der Waals surface area (Å²) in [6.45, 7) is 0.394. The van der Waals surface area contributed by atoms with Crippen molar-refractivity contribution in [1.82, 2.24) is 4.90 Å². The number of imide groups is 1. The van der Waals surface area contributed by atoms with Gasteiger partial charge in [-0.2, -0.15) is 0 Å². The topological polar surface area (TPSA) is 37.4 Å². The Morgan fingerprint density at radius 1 is 1.00 bits per heavy atom. The first-order valence-corrected chi connectivity index (χ1v) is 6.54. The molecule has 4 heteroatoms. The van der Waals surface area contributed by atoms with Crippen LogP contribution in [0.1, 0.15) is 31.2 Å². The van der Waals surface area contributed by atoms with E-state index in [-0.39, 0.29) is 11.8 Å². The summed E-state index contributed by atoms with van der Waals surface area (Å²) >= 11 is 3.36. The van der Waals surface area contributed by atoms with Crippen LogP contribution in [0.15, 0.2) is 28.7 Å². The summed E-state index contributed by atoms with van der Waals surface area (Å²) in [5.41, 5.74) is 0.983. The standard InChI is InChI=1S/C13H14BrNO2/c14-11-7-5-10(6-8-11)9-15-12(16)3-1-2-4-13(15)17/h5-8H,1-4,9H2. The second-order valence-corrected chi connectivity index (χ2v) is 5.12. The number of rotatable bonds is 2. The molecule has 1 heterocycles. The van der Waals surface area contributed by atoms with Crippen LogP contribution in [0, 0.1) is 0 Å². The molecular weight excluding hydrogens is 282 g/mol. The van der Waals surface area contributed by atoms with Crippen LogP contribution in [0.3, 0.4) is 0 Å². The van der Waals surface area contributed by atoms with E-state index < -0.39 is 0 Å². The Morgan fingerprint density at radius 2 is 1.53 bits per heavy atom. The van der Waals surface area contributed by atoms with Crippen molar-refractivity contribution in [1.29, 1.82) is 0 Å². The third kappa shape index (κ3) is 3.16. The number of carbonyl (C=O) groups is 2. The molecule has 1 aliphatic rings. The minimum atomic E-state index is -0.0459. The number of carbonyl (C=O) groups excluding carboxylic acids is 2. The fourth-order valence-corrected chi connectivity index (χ4v) is 2.17. The molecule has 1 fully saturated rings. The molecule has 0 spiro atoms. The molecule has 1 aliphatic heterocycles. The summed E-state index contributed by atoms with van der Waals surface area (Å²) in [6.07, 6.45) is 2.62. The highest BCUT2D eigenvalue weighted by Gasteiger charge is 2.23. The Morgan fingerprint density at radius 3 is 2.06 bits per heavy atom. The maximum atomic E-state index is 11.8. The van der Waals surface area contributed by atoms with Gasteiger partial charge in [0.05, 0.1) is 6.54 Å². The molecule has 0 N–H and O–H groups in total. The van der Waals surface area contributed by atoms with Crippen molar-refractivity contribution in [2.24, 2.45) is 0 Å². The van der Waals surface area contributed by atoms with Crippen molar-refractivity contribution in [3.63, 3.8) is 0 Å². The van der Waals surface area contributed by atoms with Gasteiger partial charge in [-0.3, -0.25) is 14.5 Å². The fourth-order valence-electron chi connectivity index (χ4n) is 1.91. The molecule has 0 aliphatic carbocycles. The van der Waals surface area contributed by atoms with E-state index in [0.29, 0.717) is 19.4 Å². The predicted molar refractivity (Wildman–Crippen MR) is 68.2 cm³/mol. The molecule has 3 nitrogen and oxygen atoms in total. The van der Waals surface area contributed by atoms with Crippen LogP contribution < -0.4 is 0 Å². The van der Waals surface area contributed by atoms with Crippen LogP contribution in [-0.4, -0.2) is 16.7 Å². The van der Waals surface area contributed by atoms with Crippen LogP contribution in [0.5, 0.6) is 0 Å². The highest BCUT2D eigenvalue weighted by Crippen LogP contribution is 2.17. The van der Waals surface area contributed by atoms with E-state index in [1.54, 1.807) is 0 Å². The van der Waals surface area contributed by atoms with Crippen LogP contribution in [0.4, 0.5) is 0 Å². The average Bonchev–Trinajstić information content (AvgIpc) is 2.47. The van der Waals surface area contributed by atoms with Crippen molar-refractivity contribution in [2.45, 2.75) is 32.2 Å². The third-order valence-corrected chi connectivity index (χ3v) is 3.42. The molecule has 0 atom stereocenters. The number of amides is 2. The summed E-state index contributed by atoms with van der Waals surface area (Å²) in [6, 6.07) is 7.69. The Bertz CT molecular complexity index is 410. The molecule has 1 aromatic carbocycles. The molecule has 1 aromatic rings. The number of hydrogen-bond acceptors (Lipinski definition) is 2. The van der Waals surface area contributed by atoms with Gasteiger partial charge in [0.25, 0.3) is 0 Å². The molecule has 0 aromatic heterocycles. The number of likely N-dealkylation sites (tertiary alicyclic amines) is 1. The predicted octanol–water partition coefficient (Wildman–Crippen LogP) is 2.88. The number of benzene rings is 1. The van der Waals surface area contributed by atoms with Crippen LogP contribution in [-0.2, 0) is 16.1 Å². The third-order valence-electron chi connectivity index (χ3n) is 2.89. The molecule has 2 rings (SSSR count). The Labute approximate surface area is 109 Å². The van der Waals surface area contributed by atoms with E-state index in [1.807, 2.05) is 24.3 Å². The second-order valence-electron chi connectivity index (χ2n) is 4.21. The molecule has 1 saturated heterocycles. The molecule has 0 bridgehead atoms. The largest absolute Gasteiger partial charge is 0.278 e. The van der Waals surface area contributed by atoms with Crippen molar-refractivity contribution >= 4 is 27.7 Å². The van der Waals surface area contributed by atoms with E-state index in [0.717, 1.165) is 22.9 Å². The average molecular weight is 296 g/mol. The van der Waals surface area contributed by atoms with Gasteiger partial charge in [0.15, 0.2) is 0 Å². The van der Waals surface area contributed by atoms with E-state index in [1.165, 1.54) is 4.90 Å². The molecule has 2 amide bonds. The maximum Gasteiger partial charge on any atom is 0.229 e. The zero-order chi connectivity index (χ0) is 12.3. The van der Waals surface area contributed by atoms with Gasteiger partial charge in [-0.15, -0.1) is 0 Å². The van der Waals surface area contributed by atoms with E-state index >= 15 is 0 Å². The number of hydrogen-bond donors (Lipinski definition) is 0. The lowest BCUT2D eigenvalue weighted by molar-refractivity contribution is -0.144. The second kappa shape index (κ2) is 5.45. The van der Waals surface area contributed by atoms with Crippen molar-refractivity contribution in [3.05, 3.63) is 34.3 Å². The van der Waals surface area contributed by atoms with Gasteiger partial charge < -0.3 is 0 Å². The minimum absolute atomic E-state index is 0.0459. The quantitative estimate of drug-likeness (QED) is 0.787. The molecule has 0 unspecified atom stereocenters. The lowest BCUT2D eigenvalue weighted by Gasteiger charge is -2.18. The van der Waals surface area contributed by atoms with Crippen LogP contribution in [0.25, 0.3) is 0 Å². The Balaban J connectivity index is 2.12. The first-order chi connectivity index (χ1) is 8.16. The molecule has 90 valence electrons. The van der Waals surface area contributed by atoms with Gasteiger partial charge in [0, 0.05) is 17.3 Å². The summed E-state index contributed by atoms with van der Waals surface area (Å²) in [5, 5.41) is 0. The zero-order valence-electron chi connectivity index (χ0n) is 9.49. The Hall–Kier alpha value is -1.16.